The average molecular weight is 293 g/mol. The standard InChI is InChI=1S/C14H16FN3O3/c15-10-5-8(1-3-12(10)21-9-6-16-7-9)17-11-2-4-13(19)18-14(11)20/h1,3,5,9,11,16-17H,2,4,6-7H2,(H,18,19,20). The zero-order chi connectivity index (χ0) is 14.8. The Morgan fingerprint density at radius 2 is 2.10 bits per heavy atom. The van der Waals surface area contributed by atoms with E-state index in [0.29, 0.717) is 12.1 Å². The van der Waals surface area contributed by atoms with Crippen LogP contribution in [0.15, 0.2) is 18.2 Å². The summed E-state index contributed by atoms with van der Waals surface area (Å²) in [5.74, 6) is -0.927. The third-order valence-electron chi connectivity index (χ3n) is 3.55. The maximum Gasteiger partial charge on any atom is 0.249 e. The van der Waals surface area contributed by atoms with Crippen LogP contribution in [0.4, 0.5) is 10.1 Å². The summed E-state index contributed by atoms with van der Waals surface area (Å²) in [7, 11) is 0. The number of benzene rings is 1. The molecule has 1 atom stereocenters. The molecule has 2 amide bonds. The van der Waals surface area contributed by atoms with E-state index in [1.165, 1.54) is 6.07 Å². The van der Waals surface area contributed by atoms with E-state index in [9.17, 15) is 14.0 Å². The first-order valence-electron chi connectivity index (χ1n) is 6.89. The third-order valence-corrected chi connectivity index (χ3v) is 3.55. The second-order valence-electron chi connectivity index (χ2n) is 5.19. The molecule has 2 aliphatic heterocycles. The number of amides is 2. The van der Waals surface area contributed by atoms with Crippen molar-refractivity contribution >= 4 is 17.5 Å². The van der Waals surface area contributed by atoms with Gasteiger partial charge in [0.15, 0.2) is 11.6 Å². The molecule has 1 aromatic carbocycles. The molecule has 2 saturated heterocycles. The molecule has 2 heterocycles. The summed E-state index contributed by atoms with van der Waals surface area (Å²) < 4.78 is 19.4. The molecule has 0 saturated carbocycles. The molecule has 1 unspecified atom stereocenters. The van der Waals surface area contributed by atoms with Gasteiger partial charge in [-0.05, 0) is 18.6 Å². The third kappa shape index (κ3) is 3.13. The zero-order valence-corrected chi connectivity index (χ0v) is 11.3. The van der Waals surface area contributed by atoms with Crippen molar-refractivity contribution < 1.29 is 18.7 Å². The number of hydrogen-bond donors (Lipinski definition) is 3. The maximum atomic E-state index is 13.9. The van der Waals surface area contributed by atoms with Gasteiger partial charge in [-0.3, -0.25) is 14.9 Å². The van der Waals surface area contributed by atoms with Gasteiger partial charge in [-0.15, -0.1) is 0 Å². The summed E-state index contributed by atoms with van der Waals surface area (Å²) in [6.45, 7) is 1.44. The first-order chi connectivity index (χ1) is 10.1. The highest BCUT2D eigenvalue weighted by atomic mass is 19.1. The lowest BCUT2D eigenvalue weighted by Crippen LogP contribution is -2.50. The number of imide groups is 1. The molecular formula is C14H16FN3O3. The first kappa shape index (κ1) is 13.8. The number of carbonyl (C=O) groups is 2. The molecule has 2 fully saturated rings. The lowest BCUT2D eigenvalue weighted by molar-refractivity contribution is -0.133. The highest BCUT2D eigenvalue weighted by Gasteiger charge is 2.26. The lowest BCUT2D eigenvalue weighted by Gasteiger charge is -2.28. The Kier molecular flexibility index (Phi) is 3.74. The summed E-state index contributed by atoms with van der Waals surface area (Å²) in [5, 5.41) is 8.22. The van der Waals surface area contributed by atoms with Gasteiger partial charge in [-0.1, -0.05) is 0 Å². The summed E-state index contributed by atoms with van der Waals surface area (Å²) in [6, 6.07) is 3.98. The van der Waals surface area contributed by atoms with Gasteiger partial charge in [0.25, 0.3) is 0 Å². The molecule has 0 aliphatic carbocycles. The topological polar surface area (TPSA) is 79.5 Å². The van der Waals surface area contributed by atoms with Crippen LogP contribution in [0.25, 0.3) is 0 Å². The van der Waals surface area contributed by atoms with Gasteiger partial charge >= 0.3 is 0 Å². The smallest absolute Gasteiger partial charge is 0.249 e. The van der Waals surface area contributed by atoms with Gasteiger partial charge in [-0.2, -0.15) is 0 Å². The first-order valence-corrected chi connectivity index (χ1v) is 6.89. The molecule has 2 aliphatic rings. The molecule has 0 bridgehead atoms. The SMILES string of the molecule is O=C1CCC(Nc2ccc(OC3CNC3)c(F)c2)C(=O)N1. The Hall–Kier alpha value is -2.15. The Balaban J connectivity index is 1.64. The van der Waals surface area contributed by atoms with Gasteiger partial charge in [0.2, 0.25) is 11.8 Å². The molecule has 7 heteroatoms. The van der Waals surface area contributed by atoms with Crippen molar-refractivity contribution in [2.75, 3.05) is 18.4 Å². The second kappa shape index (κ2) is 5.69. The van der Waals surface area contributed by atoms with E-state index < -0.39 is 11.9 Å². The fourth-order valence-electron chi connectivity index (χ4n) is 2.24. The molecule has 112 valence electrons. The van der Waals surface area contributed by atoms with E-state index in [-0.39, 0.29) is 30.1 Å². The van der Waals surface area contributed by atoms with Gasteiger partial charge in [0, 0.05) is 31.3 Å². The van der Waals surface area contributed by atoms with Gasteiger partial charge in [0.05, 0.1) is 0 Å². The van der Waals surface area contributed by atoms with Crippen LogP contribution in [0.3, 0.4) is 0 Å². The van der Waals surface area contributed by atoms with Crippen LogP contribution in [0.2, 0.25) is 0 Å². The summed E-state index contributed by atoms with van der Waals surface area (Å²) in [6.07, 6.45) is 0.688. The van der Waals surface area contributed by atoms with Crippen molar-refractivity contribution in [2.45, 2.75) is 25.0 Å². The minimum atomic E-state index is -0.523. The van der Waals surface area contributed by atoms with E-state index >= 15 is 0 Å². The largest absolute Gasteiger partial charge is 0.485 e. The molecule has 6 nitrogen and oxygen atoms in total. The van der Waals surface area contributed by atoms with E-state index in [0.717, 1.165) is 13.1 Å². The van der Waals surface area contributed by atoms with Crippen LogP contribution in [0.5, 0.6) is 5.75 Å². The van der Waals surface area contributed by atoms with Crippen molar-refractivity contribution in [1.29, 1.82) is 0 Å². The predicted octanol–water partition coefficient (Wildman–Crippen LogP) is 0.393. The number of halogens is 1. The number of hydrogen-bond acceptors (Lipinski definition) is 5. The molecule has 0 aromatic heterocycles. The number of piperidine rings is 1. The molecule has 1 aromatic rings. The van der Waals surface area contributed by atoms with Crippen LogP contribution in [0, 0.1) is 5.82 Å². The highest BCUT2D eigenvalue weighted by molar-refractivity contribution is 6.01. The van der Waals surface area contributed by atoms with Crippen molar-refractivity contribution in [3.63, 3.8) is 0 Å². The van der Waals surface area contributed by atoms with Crippen LogP contribution < -0.4 is 20.7 Å². The highest BCUT2D eigenvalue weighted by Crippen LogP contribution is 2.24. The van der Waals surface area contributed by atoms with E-state index in [1.54, 1.807) is 12.1 Å². The maximum absolute atomic E-state index is 13.9. The fourth-order valence-corrected chi connectivity index (χ4v) is 2.24. The quantitative estimate of drug-likeness (QED) is 0.700. The van der Waals surface area contributed by atoms with E-state index in [2.05, 4.69) is 16.0 Å². The monoisotopic (exact) mass is 293 g/mol. The fraction of sp³-hybridized carbons (Fsp3) is 0.429. The summed E-state index contributed by atoms with van der Waals surface area (Å²) in [4.78, 5) is 22.7. The number of rotatable bonds is 4. The Bertz CT molecular complexity index is 575. The van der Waals surface area contributed by atoms with Gasteiger partial charge < -0.3 is 15.4 Å². The summed E-state index contributed by atoms with van der Waals surface area (Å²) in [5.41, 5.74) is 0.487. The van der Waals surface area contributed by atoms with Crippen LogP contribution >= 0.6 is 0 Å². The number of nitrogens with one attached hydrogen (secondary N) is 3. The van der Waals surface area contributed by atoms with Crippen molar-refractivity contribution in [2.24, 2.45) is 0 Å². The minimum absolute atomic E-state index is 0.00782. The molecule has 3 N–H and O–H groups in total. The number of ether oxygens (including phenoxy) is 1. The molecule has 3 rings (SSSR count). The normalized spacial score (nSPS) is 22.4. The minimum Gasteiger partial charge on any atom is -0.485 e. The Labute approximate surface area is 121 Å². The zero-order valence-electron chi connectivity index (χ0n) is 11.3. The van der Waals surface area contributed by atoms with Crippen LogP contribution in [-0.2, 0) is 9.59 Å². The Morgan fingerprint density at radius 1 is 1.29 bits per heavy atom. The number of carbonyl (C=O) groups excluding carboxylic acids is 2. The average Bonchev–Trinajstić information content (AvgIpc) is 2.39. The molecular weight excluding hydrogens is 277 g/mol. The molecule has 0 spiro atoms. The molecule has 21 heavy (non-hydrogen) atoms. The lowest BCUT2D eigenvalue weighted by atomic mass is 10.1. The van der Waals surface area contributed by atoms with E-state index in [1.807, 2.05) is 0 Å². The van der Waals surface area contributed by atoms with Crippen molar-refractivity contribution in [3.05, 3.63) is 24.0 Å². The van der Waals surface area contributed by atoms with Gasteiger partial charge in [-0.25, -0.2) is 4.39 Å². The van der Waals surface area contributed by atoms with Crippen molar-refractivity contribution in [3.8, 4) is 5.75 Å². The van der Waals surface area contributed by atoms with Gasteiger partial charge in [0.1, 0.15) is 12.1 Å². The van der Waals surface area contributed by atoms with Crippen LogP contribution in [-0.4, -0.2) is 37.0 Å². The second-order valence-corrected chi connectivity index (χ2v) is 5.19. The summed E-state index contributed by atoms with van der Waals surface area (Å²) >= 11 is 0. The number of anilines is 1. The van der Waals surface area contributed by atoms with E-state index in [4.69, 9.17) is 4.74 Å². The van der Waals surface area contributed by atoms with Crippen LogP contribution in [0.1, 0.15) is 12.8 Å². The Morgan fingerprint density at radius 3 is 2.71 bits per heavy atom. The molecule has 0 radical (unpaired) electrons. The van der Waals surface area contributed by atoms with Crippen molar-refractivity contribution in [1.82, 2.24) is 10.6 Å². The predicted molar refractivity (Wildman–Crippen MR) is 73.5 cm³/mol.